The van der Waals surface area contributed by atoms with Crippen molar-refractivity contribution in [2.24, 2.45) is 11.8 Å². The Kier molecular flexibility index (Phi) is 5.77. The summed E-state index contributed by atoms with van der Waals surface area (Å²) in [4.78, 5) is 14.7. The molecule has 1 heterocycles. The number of hydrogen-bond donors (Lipinski definition) is 1. The van der Waals surface area contributed by atoms with Gasteiger partial charge >= 0.3 is 6.09 Å². The summed E-state index contributed by atoms with van der Waals surface area (Å²) >= 11 is 0. The van der Waals surface area contributed by atoms with E-state index < -0.39 is 6.09 Å². The molecule has 174 valence electrons. The molecule has 5 rings (SSSR count). The van der Waals surface area contributed by atoms with Gasteiger partial charge in [-0.3, -0.25) is 10.2 Å². The first-order valence-corrected chi connectivity index (χ1v) is 12.2. The molecule has 5 atom stereocenters. The number of likely N-dealkylation sites (tertiary alicyclic amines) is 1. The van der Waals surface area contributed by atoms with E-state index >= 15 is 0 Å². The summed E-state index contributed by atoms with van der Waals surface area (Å²) in [7, 11) is 0. The maximum atomic E-state index is 13.3. The molecule has 4 unspecified atom stereocenters. The molecule has 33 heavy (non-hydrogen) atoms. The quantitative estimate of drug-likeness (QED) is 0.595. The lowest BCUT2D eigenvalue weighted by molar-refractivity contribution is -0.0140. The number of carbonyl (C=O) groups is 1. The molecule has 0 spiro atoms. The first kappa shape index (κ1) is 22.1. The molecule has 3 aliphatic rings. The first-order chi connectivity index (χ1) is 15.9. The van der Waals surface area contributed by atoms with Crippen molar-refractivity contribution in [2.45, 2.75) is 57.5 Å². The number of allylic oxidation sites excluding steroid dienone is 1. The second-order valence-corrected chi connectivity index (χ2v) is 9.99. The minimum Gasteiger partial charge on any atom is -0.450 e. The minimum atomic E-state index is -0.408. The molecule has 0 aromatic heterocycles. The number of nitrogens with one attached hydrogen (secondary N) is 1. The topological polar surface area (TPSA) is 41.6 Å². The zero-order valence-corrected chi connectivity index (χ0v) is 19.7. The number of hydrogen-bond acceptors (Lipinski definition) is 3. The Morgan fingerprint density at radius 2 is 2.03 bits per heavy atom. The number of fused-ring (bicyclic) bond motifs is 3. The predicted molar refractivity (Wildman–Crippen MR) is 129 cm³/mol. The van der Waals surface area contributed by atoms with Gasteiger partial charge < -0.3 is 4.74 Å². The third-order valence-corrected chi connectivity index (χ3v) is 8.23. The van der Waals surface area contributed by atoms with E-state index in [1.165, 1.54) is 23.1 Å². The maximum Gasteiger partial charge on any atom is 0.411 e. The van der Waals surface area contributed by atoms with Crippen LogP contribution < -0.4 is 5.32 Å². The number of carbonyl (C=O) groups excluding carboxylic acids is 1. The highest BCUT2D eigenvalue weighted by Gasteiger charge is 2.53. The Balaban J connectivity index is 1.44. The Morgan fingerprint density at radius 1 is 1.24 bits per heavy atom. The number of ether oxygens (including phenoxy) is 1. The van der Waals surface area contributed by atoms with Gasteiger partial charge in [0.05, 0.1) is 6.61 Å². The fraction of sp³-hybridized carbons (Fsp3) is 0.464. The molecule has 4 nitrogen and oxygen atoms in total. The standard InChI is InChI=1S/C28H33FN2O2/c1-4-33-27(32)30-23-10-7-21-16-26-25-15-20(11-13-28(25,3)24(21)17-23)18(2)31(26)14-12-19-5-8-22(29)9-6-19/h5-11,13,17-18,20,25-26H,4,12,14-16H2,1-3H3,(H,30,32)/t18?,20?,25?,26?,28-/m1/s1. The van der Waals surface area contributed by atoms with E-state index in [9.17, 15) is 9.18 Å². The summed E-state index contributed by atoms with van der Waals surface area (Å²) < 4.78 is 18.4. The Labute approximate surface area is 195 Å². The van der Waals surface area contributed by atoms with Crippen molar-refractivity contribution in [2.75, 3.05) is 18.5 Å². The van der Waals surface area contributed by atoms with Crippen LogP contribution >= 0.6 is 0 Å². The van der Waals surface area contributed by atoms with Gasteiger partial charge in [-0.15, -0.1) is 0 Å². The van der Waals surface area contributed by atoms with Gasteiger partial charge in [0.1, 0.15) is 5.82 Å². The minimum absolute atomic E-state index is 0.0602. The summed E-state index contributed by atoms with van der Waals surface area (Å²) in [6, 6.07) is 14.2. The maximum absolute atomic E-state index is 13.3. The number of halogens is 1. The second kappa shape index (κ2) is 8.60. The molecule has 5 heteroatoms. The number of anilines is 1. The van der Waals surface area contributed by atoms with Crippen molar-refractivity contribution >= 4 is 11.8 Å². The van der Waals surface area contributed by atoms with Gasteiger partial charge in [-0.1, -0.05) is 37.3 Å². The van der Waals surface area contributed by atoms with Crippen molar-refractivity contribution in [3.8, 4) is 0 Å². The van der Waals surface area contributed by atoms with Crippen molar-refractivity contribution in [1.82, 2.24) is 4.90 Å². The average Bonchev–Trinajstić information content (AvgIpc) is 2.80. The van der Waals surface area contributed by atoms with E-state index in [2.05, 4.69) is 48.3 Å². The molecule has 2 bridgehead atoms. The third-order valence-electron chi connectivity index (χ3n) is 8.23. The molecule has 1 N–H and O–H groups in total. The normalized spacial score (nSPS) is 29.9. The molecule has 0 radical (unpaired) electrons. The average molecular weight is 449 g/mol. The van der Waals surface area contributed by atoms with Crippen molar-refractivity contribution < 1.29 is 13.9 Å². The fourth-order valence-electron chi connectivity index (χ4n) is 6.43. The highest BCUT2D eigenvalue weighted by molar-refractivity contribution is 5.85. The number of amides is 1. The van der Waals surface area contributed by atoms with Crippen LogP contribution in [0.4, 0.5) is 14.9 Å². The van der Waals surface area contributed by atoms with Crippen LogP contribution in [0.5, 0.6) is 0 Å². The van der Waals surface area contributed by atoms with Gasteiger partial charge in [0.15, 0.2) is 0 Å². The molecule has 0 saturated carbocycles. The molecule has 1 fully saturated rings. The molecule has 2 aliphatic carbocycles. The van der Waals surface area contributed by atoms with Crippen LogP contribution in [0, 0.1) is 17.7 Å². The van der Waals surface area contributed by atoms with Crippen molar-refractivity contribution in [3.05, 3.63) is 77.1 Å². The van der Waals surface area contributed by atoms with Gasteiger partial charge in [0, 0.05) is 29.7 Å². The lowest BCUT2D eigenvalue weighted by atomic mass is 9.54. The fourth-order valence-corrected chi connectivity index (χ4v) is 6.43. The monoisotopic (exact) mass is 448 g/mol. The Bertz CT molecular complexity index is 1070. The van der Waals surface area contributed by atoms with Gasteiger partial charge in [0.25, 0.3) is 0 Å². The van der Waals surface area contributed by atoms with Crippen molar-refractivity contribution in [1.29, 1.82) is 0 Å². The number of piperidine rings is 1. The summed E-state index contributed by atoms with van der Waals surface area (Å²) in [5.74, 6) is 0.901. The zero-order chi connectivity index (χ0) is 23.2. The molecule has 1 amide bonds. The van der Waals surface area contributed by atoms with Crippen LogP contribution in [0.2, 0.25) is 0 Å². The highest BCUT2D eigenvalue weighted by atomic mass is 19.1. The van der Waals surface area contributed by atoms with E-state index in [1.54, 1.807) is 12.1 Å². The number of nitrogens with zero attached hydrogens (tertiary/aromatic N) is 1. The van der Waals surface area contributed by atoms with E-state index in [0.717, 1.165) is 25.1 Å². The summed E-state index contributed by atoms with van der Waals surface area (Å²) in [6.07, 6.45) is 7.58. The van der Waals surface area contributed by atoms with Gasteiger partial charge in [-0.25, -0.2) is 9.18 Å². The molecular weight excluding hydrogens is 415 g/mol. The van der Waals surface area contributed by atoms with Crippen LogP contribution in [0.15, 0.2) is 54.6 Å². The number of rotatable bonds is 5. The largest absolute Gasteiger partial charge is 0.450 e. The Morgan fingerprint density at radius 3 is 2.79 bits per heavy atom. The third kappa shape index (κ3) is 3.97. The van der Waals surface area contributed by atoms with Crippen LogP contribution in [-0.2, 0) is 23.0 Å². The van der Waals surface area contributed by atoms with E-state index in [-0.39, 0.29) is 11.2 Å². The van der Waals surface area contributed by atoms with Gasteiger partial charge in [0.2, 0.25) is 0 Å². The highest BCUT2D eigenvalue weighted by Crippen LogP contribution is 2.53. The second-order valence-electron chi connectivity index (χ2n) is 9.99. The molecule has 2 aromatic carbocycles. The lowest BCUT2D eigenvalue weighted by Crippen LogP contribution is -2.62. The predicted octanol–water partition coefficient (Wildman–Crippen LogP) is 5.72. The SMILES string of the molecule is CCOC(=O)Nc1ccc2c(c1)[C@@]1(C)C=CC3CC1C(C2)N(CCc1ccc(F)cc1)C3C. The van der Waals surface area contributed by atoms with Crippen LogP contribution in [-0.4, -0.2) is 36.2 Å². The summed E-state index contributed by atoms with van der Waals surface area (Å²) in [6.45, 7) is 7.86. The van der Waals surface area contributed by atoms with E-state index in [0.29, 0.717) is 30.5 Å². The molecule has 1 aliphatic heterocycles. The number of benzene rings is 2. The van der Waals surface area contributed by atoms with Gasteiger partial charge in [-0.05, 0) is 85.9 Å². The summed E-state index contributed by atoms with van der Waals surface area (Å²) in [5.41, 5.74) is 4.59. The summed E-state index contributed by atoms with van der Waals surface area (Å²) in [5, 5.41) is 2.88. The molecular formula is C28H33FN2O2. The van der Waals surface area contributed by atoms with Gasteiger partial charge in [-0.2, -0.15) is 0 Å². The van der Waals surface area contributed by atoms with Crippen LogP contribution in [0.3, 0.4) is 0 Å². The first-order valence-electron chi connectivity index (χ1n) is 12.2. The van der Waals surface area contributed by atoms with Crippen LogP contribution in [0.25, 0.3) is 0 Å². The van der Waals surface area contributed by atoms with Crippen molar-refractivity contribution in [3.63, 3.8) is 0 Å². The molecule has 2 aromatic rings. The smallest absolute Gasteiger partial charge is 0.411 e. The zero-order valence-electron chi connectivity index (χ0n) is 19.7. The molecule has 1 saturated heterocycles. The Hall–Kier alpha value is -2.66. The van der Waals surface area contributed by atoms with E-state index in [1.807, 2.05) is 25.1 Å². The van der Waals surface area contributed by atoms with E-state index in [4.69, 9.17) is 4.74 Å². The van der Waals surface area contributed by atoms with Crippen LogP contribution in [0.1, 0.15) is 43.9 Å². The lowest BCUT2D eigenvalue weighted by Gasteiger charge is -2.59.